The number of benzene rings is 8. The summed E-state index contributed by atoms with van der Waals surface area (Å²) in [7, 11) is 0. The van der Waals surface area contributed by atoms with Gasteiger partial charge in [-0.1, -0.05) is 97.1 Å². The molecule has 0 atom stereocenters. The summed E-state index contributed by atoms with van der Waals surface area (Å²) in [4.78, 5) is 0. The smallest absolute Gasteiger partial charge is 0.00134 e. The number of rotatable bonds is 1. The molecule has 0 saturated carbocycles. The lowest BCUT2D eigenvalue weighted by Gasteiger charge is -2.16. The molecule has 0 fully saturated rings. The van der Waals surface area contributed by atoms with Crippen LogP contribution in [0.15, 0.2) is 121 Å². The first-order chi connectivity index (χ1) is 17.8. The predicted octanol–water partition coefficient (Wildman–Crippen LogP) is 10.2. The van der Waals surface area contributed by atoms with E-state index in [1.54, 1.807) is 0 Å². The highest BCUT2D eigenvalue weighted by Gasteiger charge is 2.28. The number of hydrogen-bond donors (Lipinski definition) is 0. The zero-order chi connectivity index (χ0) is 23.4. The van der Waals surface area contributed by atoms with E-state index in [0.29, 0.717) is 0 Å². The van der Waals surface area contributed by atoms with Gasteiger partial charge in [0.1, 0.15) is 0 Å². The Balaban J connectivity index is 1.54. The van der Waals surface area contributed by atoms with Crippen LogP contribution in [0.1, 0.15) is 0 Å². The zero-order valence-corrected chi connectivity index (χ0v) is 19.5. The van der Waals surface area contributed by atoms with E-state index >= 15 is 0 Å². The van der Waals surface area contributed by atoms with Crippen molar-refractivity contribution < 1.29 is 0 Å². The standard InChI is InChI=1S/C36H20/c1-2-7-21(8-3-1)33-29-18-25-10-5-4-9-24(25)17-27(29)20-31-30-19-26-12-6-11-22-13-14-23-15-16-28(35(31)33)36(30)34(23)32(22)26/h1-20H. The molecule has 0 heterocycles. The molecule has 0 unspecified atom stereocenters. The fraction of sp³-hybridized carbons (Fsp3) is 0. The molecule has 36 heavy (non-hydrogen) atoms. The summed E-state index contributed by atoms with van der Waals surface area (Å²) in [5.74, 6) is 0. The molecule has 1 aliphatic rings. The average Bonchev–Trinajstić information content (AvgIpc) is 3.24. The zero-order valence-electron chi connectivity index (χ0n) is 19.5. The minimum Gasteiger partial charge on any atom is -0.0622 e. The highest BCUT2D eigenvalue weighted by molar-refractivity contribution is 6.34. The topological polar surface area (TPSA) is 0 Å². The lowest BCUT2D eigenvalue weighted by Crippen LogP contribution is -1.89. The monoisotopic (exact) mass is 452 g/mol. The van der Waals surface area contributed by atoms with Crippen LogP contribution < -0.4 is 0 Å². The summed E-state index contributed by atoms with van der Waals surface area (Å²) in [5.41, 5.74) is 8.07. The maximum absolute atomic E-state index is 2.44. The molecule has 0 spiro atoms. The molecule has 1 aliphatic carbocycles. The summed E-state index contributed by atoms with van der Waals surface area (Å²) in [5, 5.41) is 13.4. The van der Waals surface area contributed by atoms with Gasteiger partial charge in [-0.15, -0.1) is 0 Å². The molecular formula is C36H20. The normalized spacial score (nSPS) is 12.4. The molecule has 0 N–H and O–H groups in total. The Bertz CT molecular complexity index is 2180. The van der Waals surface area contributed by atoms with Crippen molar-refractivity contribution in [3.8, 4) is 33.4 Å². The second-order valence-electron chi connectivity index (χ2n) is 10.1. The molecule has 0 saturated heterocycles. The van der Waals surface area contributed by atoms with E-state index in [4.69, 9.17) is 0 Å². The first-order valence-corrected chi connectivity index (χ1v) is 12.6. The Morgan fingerprint density at radius 2 is 0.972 bits per heavy atom. The Labute approximate surface area is 208 Å². The van der Waals surface area contributed by atoms with Crippen molar-refractivity contribution in [1.82, 2.24) is 0 Å². The van der Waals surface area contributed by atoms with Crippen molar-refractivity contribution in [2.24, 2.45) is 0 Å². The van der Waals surface area contributed by atoms with Crippen molar-refractivity contribution in [3.63, 3.8) is 0 Å². The van der Waals surface area contributed by atoms with Gasteiger partial charge in [-0.2, -0.15) is 0 Å². The minimum atomic E-state index is 1.27. The van der Waals surface area contributed by atoms with E-state index in [2.05, 4.69) is 121 Å². The van der Waals surface area contributed by atoms with Crippen LogP contribution >= 0.6 is 0 Å². The van der Waals surface area contributed by atoms with Gasteiger partial charge >= 0.3 is 0 Å². The summed E-state index contributed by atoms with van der Waals surface area (Å²) < 4.78 is 0. The second-order valence-corrected chi connectivity index (χ2v) is 10.1. The average molecular weight is 453 g/mol. The van der Waals surface area contributed by atoms with Crippen molar-refractivity contribution in [3.05, 3.63) is 121 Å². The Morgan fingerprint density at radius 3 is 1.83 bits per heavy atom. The molecule has 8 aromatic carbocycles. The van der Waals surface area contributed by atoms with E-state index in [1.165, 1.54) is 87.2 Å². The van der Waals surface area contributed by atoms with Crippen LogP contribution in [0, 0.1) is 0 Å². The van der Waals surface area contributed by atoms with E-state index in [1.807, 2.05) is 0 Å². The number of hydrogen-bond acceptors (Lipinski definition) is 0. The molecule has 164 valence electrons. The third-order valence-electron chi connectivity index (χ3n) is 8.26. The fourth-order valence-electron chi connectivity index (χ4n) is 6.76. The first-order valence-electron chi connectivity index (χ1n) is 12.6. The summed E-state index contributed by atoms with van der Waals surface area (Å²) >= 11 is 0. The molecule has 0 bridgehead atoms. The molecule has 0 aliphatic heterocycles. The second kappa shape index (κ2) is 6.50. The van der Waals surface area contributed by atoms with Crippen LogP contribution in [0.2, 0.25) is 0 Å². The van der Waals surface area contributed by atoms with E-state index in [9.17, 15) is 0 Å². The van der Waals surface area contributed by atoms with Gasteiger partial charge in [0.25, 0.3) is 0 Å². The predicted molar refractivity (Wildman–Crippen MR) is 155 cm³/mol. The summed E-state index contributed by atoms with van der Waals surface area (Å²) in [6.07, 6.45) is 0. The van der Waals surface area contributed by atoms with E-state index in [-0.39, 0.29) is 0 Å². The van der Waals surface area contributed by atoms with Gasteiger partial charge in [-0.05, 0) is 112 Å². The van der Waals surface area contributed by atoms with Crippen molar-refractivity contribution in [2.45, 2.75) is 0 Å². The lowest BCUT2D eigenvalue weighted by atomic mass is 9.87. The van der Waals surface area contributed by atoms with Crippen LogP contribution in [-0.2, 0) is 0 Å². The maximum Gasteiger partial charge on any atom is -0.00134 e. The molecule has 0 nitrogen and oxygen atoms in total. The Morgan fingerprint density at radius 1 is 0.306 bits per heavy atom. The van der Waals surface area contributed by atoms with Crippen LogP contribution in [0.3, 0.4) is 0 Å². The highest BCUT2D eigenvalue weighted by atomic mass is 14.3. The van der Waals surface area contributed by atoms with Crippen LogP contribution in [0.4, 0.5) is 0 Å². The quantitative estimate of drug-likeness (QED) is 0.172. The maximum atomic E-state index is 2.44. The lowest BCUT2D eigenvalue weighted by molar-refractivity contribution is 1.65. The van der Waals surface area contributed by atoms with Gasteiger partial charge in [0.15, 0.2) is 0 Å². The molecule has 0 aromatic heterocycles. The van der Waals surface area contributed by atoms with Crippen LogP contribution in [0.25, 0.3) is 87.2 Å². The Kier molecular flexibility index (Phi) is 3.36. The van der Waals surface area contributed by atoms with Crippen molar-refractivity contribution in [2.75, 3.05) is 0 Å². The van der Waals surface area contributed by atoms with Gasteiger partial charge < -0.3 is 0 Å². The summed E-state index contributed by atoms with van der Waals surface area (Å²) in [6, 6.07) is 45.2. The van der Waals surface area contributed by atoms with Gasteiger partial charge in [-0.3, -0.25) is 0 Å². The third kappa shape index (κ3) is 2.25. The van der Waals surface area contributed by atoms with Gasteiger partial charge in [0.05, 0.1) is 0 Å². The van der Waals surface area contributed by atoms with Crippen molar-refractivity contribution >= 4 is 53.9 Å². The molecule has 9 rings (SSSR count). The van der Waals surface area contributed by atoms with Crippen LogP contribution in [-0.4, -0.2) is 0 Å². The molecule has 8 aromatic rings. The first kappa shape index (κ1) is 18.6. The van der Waals surface area contributed by atoms with Crippen LogP contribution in [0.5, 0.6) is 0 Å². The van der Waals surface area contributed by atoms with E-state index < -0.39 is 0 Å². The SMILES string of the molecule is c1ccc(-c2c3c(cc4cc5ccccc5cc24)-c2cc4cccc5ccc6ccc-3c2c6c54)cc1. The minimum absolute atomic E-state index is 1.27. The van der Waals surface area contributed by atoms with E-state index in [0.717, 1.165) is 0 Å². The number of fused-ring (bicyclic) bond motifs is 5. The largest absolute Gasteiger partial charge is 0.0622 e. The van der Waals surface area contributed by atoms with Gasteiger partial charge in [-0.25, -0.2) is 0 Å². The van der Waals surface area contributed by atoms with Crippen molar-refractivity contribution in [1.29, 1.82) is 0 Å². The van der Waals surface area contributed by atoms with Gasteiger partial charge in [0.2, 0.25) is 0 Å². The highest BCUT2D eigenvalue weighted by Crippen LogP contribution is 2.56. The van der Waals surface area contributed by atoms with Gasteiger partial charge in [0, 0.05) is 0 Å². The molecule has 0 amide bonds. The fourth-order valence-corrected chi connectivity index (χ4v) is 6.76. The summed E-state index contributed by atoms with van der Waals surface area (Å²) in [6.45, 7) is 0. The molecule has 0 heteroatoms. The molecular weight excluding hydrogens is 432 g/mol. The Hall–Kier alpha value is -4.68. The molecule has 0 radical (unpaired) electrons. The third-order valence-corrected chi connectivity index (χ3v) is 8.26.